The molecule has 0 amide bonds. The molecular formula is C18H15NO3S. The zero-order chi connectivity index (χ0) is 16.2. The van der Waals surface area contributed by atoms with Crippen LogP contribution in [0.2, 0.25) is 0 Å². The van der Waals surface area contributed by atoms with Crippen LogP contribution in [-0.2, 0) is 6.42 Å². The molecule has 1 heterocycles. The van der Waals surface area contributed by atoms with Crippen LogP contribution in [0.5, 0.6) is 11.5 Å². The molecule has 2 aromatic carbocycles. The summed E-state index contributed by atoms with van der Waals surface area (Å²) in [5, 5.41) is 10.2. The molecule has 0 aliphatic rings. The van der Waals surface area contributed by atoms with E-state index >= 15 is 0 Å². The Hall–Kier alpha value is -2.66. The molecule has 0 saturated heterocycles. The molecule has 5 heteroatoms. The lowest BCUT2D eigenvalue weighted by molar-refractivity contribution is 0.0702. The minimum atomic E-state index is -0.943. The SMILES string of the molecule is CCc1nc(-c2ccc(Oc3ccccc3)cc2)c(C(=O)O)s1. The molecule has 0 spiro atoms. The highest BCUT2D eigenvalue weighted by molar-refractivity contribution is 7.14. The van der Waals surface area contributed by atoms with Gasteiger partial charge in [-0.3, -0.25) is 0 Å². The van der Waals surface area contributed by atoms with Crippen LogP contribution in [0.4, 0.5) is 0 Å². The van der Waals surface area contributed by atoms with Crippen molar-refractivity contribution in [3.63, 3.8) is 0 Å². The lowest BCUT2D eigenvalue weighted by atomic mass is 10.1. The average molecular weight is 325 g/mol. The zero-order valence-corrected chi connectivity index (χ0v) is 13.3. The Morgan fingerprint density at radius 1 is 1.09 bits per heavy atom. The Kier molecular flexibility index (Phi) is 4.39. The van der Waals surface area contributed by atoms with Crippen LogP contribution in [0.1, 0.15) is 21.6 Å². The molecule has 0 radical (unpaired) electrons. The number of benzene rings is 2. The lowest BCUT2D eigenvalue weighted by Gasteiger charge is -2.06. The molecule has 0 unspecified atom stereocenters. The van der Waals surface area contributed by atoms with Crippen LogP contribution >= 0.6 is 11.3 Å². The zero-order valence-electron chi connectivity index (χ0n) is 12.5. The molecule has 1 aromatic heterocycles. The third-order valence-corrected chi connectivity index (χ3v) is 4.46. The van der Waals surface area contributed by atoms with E-state index in [0.717, 1.165) is 22.7 Å². The fraction of sp³-hybridized carbons (Fsp3) is 0.111. The lowest BCUT2D eigenvalue weighted by Crippen LogP contribution is -1.95. The standard InChI is InChI=1S/C18H15NO3S/c1-2-15-19-16(17(23-15)18(20)21)12-8-10-14(11-9-12)22-13-6-4-3-5-7-13/h3-11H,2H2,1H3,(H,20,21). The van der Waals surface area contributed by atoms with Crippen molar-refractivity contribution < 1.29 is 14.6 Å². The van der Waals surface area contributed by atoms with Gasteiger partial charge in [-0.1, -0.05) is 25.1 Å². The molecule has 0 atom stereocenters. The van der Waals surface area contributed by atoms with E-state index < -0.39 is 5.97 Å². The first-order chi connectivity index (χ1) is 11.2. The van der Waals surface area contributed by atoms with Gasteiger partial charge in [-0.2, -0.15) is 0 Å². The van der Waals surface area contributed by atoms with Crippen LogP contribution in [0.25, 0.3) is 11.3 Å². The molecule has 3 rings (SSSR count). The smallest absolute Gasteiger partial charge is 0.348 e. The number of aromatic carboxylic acids is 1. The Labute approximate surface area is 138 Å². The van der Waals surface area contributed by atoms with Crippen molar-refractivity contribution in [1.82, 2.24) is 4.98 Å². The minimum absolute atomic E-state index is 0.276. The van der Waals surface area contributed by atoms with Crippen molar-refractivity contribution in [3.05, 3.63) is 64.5 Å². The number of ether oxygens (including phenoxy) is 1. The number of rotatable bonds is 5. The van der Waals surface area contributed by atoms with Gasteiger partial charge in [0.25, 0.3) is 0 Å². The second-order valence-electron chi connectivity index (χ2n) is 4.88. The maximum absolute atomic E-state index is 11.4. The Morgan fingerprint density at radius 3 is 2.35 bits per heavy atom. The summed E-state index contributed by atoms with van der Waals surface area (Å²) >= 11 is 1.23. The minimum Gasteiger partial charge on any atom is -0.477 e. The topological polar surface area (TPSA) is 59.4 Å². The third kappa shape index (κ3) is 3.40. The molecular weight excluding hydrogens is 310 g/mol. The van der Waals surface area contributed by atoms with Gasteiger partial charge in [0.05, 0.1) is 10.7 Å². The maximum atomic E-state index is 11.4. The number of carboxylic acid groups (broad SMARTS) is 1. The van der Waals surface area contributed by atoms with Crippen molar-refractivity contribution in [1.29, 1.82) is 0 Å². The molecule has 0 aliphatic heterocycles. The van der Waals surface area contributed by atoms with Gasteiger partial charge in [0.15, 0.2) is 0 Å². The average Bonchev–Trinajstić information content (AvgIpc) is 3.01. The number of thiazole rings is 1. The van der Waals surface area contributed by atoms with E-state index in [4.69, 9.17) is 4.74 Å². The summed E-state index contributed by atoms with van der Waals surface area (Å²) in [6.07, 6.45) is 0.722. The highest BCUT2D eigenvalue weighted by Crippen LogP contribution is 2.30. The Balaban J connectivity index is 1.88. The van der Waals surface area contributed by atoms with E-state index in [0.29, 0.717) is 11.4 Å². The molecule has 23 heavy (non-hydrogen) atoms. The third-order valence-electron chi connectivity index (χ3n) is 3.27. The van der Waals surface area contributed by atoms with Crippen LogP contribution in [-0.4, -0.2) is 16.1 Å². The van der Waals surface area contributed by atoms with Gasteiger partial charge in [-0.25, -0.2) is 9.78 Å². The molecule has 0 saturated carbocycles. The number of carboxylic acids is 1. The molecule has 3 aromatic rings. The van der Waals surface area contributed by atoms with Crippen molar-refractivity contribution in [2.24, 2.45) is 0 Å². The van der Waals surface area contributed by atoms with E-state index in [9.17, 15) is 9.90 Å². The van der Waals surface area contributed by atoms with Crippen LogP contribution in [0.15, 0.2) is 54.6 Å². The van der Waals surface area contributed by atoms with E-state index in [1.165, 1.54) is 11.3 Å². The molecule has 1 N–H and O–H groups in total. The van der Waals surface area contributed by atoms with Gasteiger partial charge < -0.3 is 9.84 Å². The van der Waals surface area contributed by atoms with Crippen molar-refractivity contribution in [2.45, 2.75) is 13.3 Å². The fourth-order valence-electron chi connectivity index (χ4n) is 2.16. The van der Waals surface area contributed by atoms with Gasteiger partial charge in [0.2, 0.25) is 0 Å². The van der Waals surface area contributed by atoms with Crippen LogP contribution < -0.4 is 4.74 Å². The summed E-state index contributed by atoms with van der Waals surface area (Å²) in [7, 11) is 0. The van der Waals surface area contributed by atoms with Gasteiger partial charge >= 0.3 is 5.97 Å². The number of carbonyl (C=O) groups is 1. The fourth-order valence-corrected chi connectivity index (χ4v) is 3.03. The maximum Gasteiger partial charge on any atom is 0.348 e. The number of hydrogen-bond acceptors (Lipinski definition) is 4. The summed E-state index contributed by atoms with van der Waals surface area (Å²) in [5.74, 6) is 0.512. The van der Waals surface area contributed by atoms with Crippen molar-refractivity contribution in [3.8, 4) is 22.8 Å². The van der Waals surface area contributed by atoms with Gasteiger partial charge in [-0.15, -0.1) is 11.3 Å². The van der Waals surface area contributed by atoms with Gasteiger partial charge in [-0.05, 0) is 42.8 Å². The summed E-state index contributed by atoms with van der Waals surface area (Å²) in [5.41, 5.74) is 1.30. The second-order valence-corrected chi connectivity index (χ2v) is 5.97. The Bertz CT molecular complexity index is 810. The molecule has 0 aliphatic carbocycles. The van der Waals surface area contributed by atoms with E-state index in [-0.39, 0.29) is 4.88 Å². The molecule has 0 fully saturated rings. The number of nitrogens with zero attached hydrogens (tertiary/aromatic N) is 1. The summed E-state index contributed by atoms with van der Waals surface area (Å²) in [6, 6.07) is 16.8. The predicted molar refractivity (Wildman–Crippen MR) is 90.4 cm³/mol. The summed E-state index contributed by atoms with van der Waals surface area (Å²) in [6.45, 7) is 1.96. The first-order valence-corrected chi connectivity index (χ1v) is 8.05. The van der Waals surface area contributed by atoms with E-state index in [1.807, 2.05) is 61.5 Å². The Morgan fingerprint density at radius 2 is 1.74 bits per heavy atom. The monoisotopic (exact) mass is 325 g/mol. The van der Waals surface area contributed by atoms with E-state index in [2.05, 4.69) is 4.98 Å². The highest BCUT2D eigenvalue weighted by atomic mass is 32.1. The summed E-state index contributed by atoms with van der Waals surface area (Å²) < 4.78 is 5.74. The van der Waals surface area contributed by atoms with Crippen molar-refractivity contribution >= 4 is 17.3 Å². The van der Waals surface area contributed by atoms with Crippen LogP contribution in [0.3, 0.4) is 0 Å². The van der Waals surface area contributed by atoms with E-state index in [1.54, 1.807) is 0 Å². The summed E-state index contributed by atoms with van der Waals surface area (Å²) in [4.78, 5) is 16.1. The first kappa shape index (κ1) is 15.2. The van der Waals surface area contributed by atoms with Gasteiger partial charge in [0.1, 0.15) is 16.4 Å². The number of para-hydroxylation sites is 1. The number of aryl methyl sites for hydroxylation is 1. The van der Waals surface area contributed by atoms with Crippen molar-refractivity contribution in [2.75, 3.05) is 0 Å². The molecule has 116 valence electrons. The highest BCUT2D eigenvalue weighted by Gasteiger charge is 2.18. The largest absolute Gasteiger partial charge is 0.477 e. The number of aromatic nitrogens is 1. The predicted octanol–water partition coefficient (Wildman–Crippen LogP) is 4.86. The molecule has 0 bridgehead atoms. The normalized spacial score (nSPS) is 10.5. The van der Waals surface area contributed by atoms with Crippen LogP contribution in [0, 0.1) is 0 Å². The molecule has 4 nitrogen and oxygen atoms in total. The number of hydrogen-bond donors (Lipinski definition) is 1. The second kappa shape index (κ2) is 6.62. The first-order valence-electron chi connectivity index (χ1n) is 7.23. The van der Waals surface area contributed by atoms with Gasteiger partial charge in [0, 0.05) is 5.56 Å². The quantitative estimate of drug-likeness (QED) is 0.727.